The number of aromatic nitrogens is 3. The van der Waals surface area contributed by atoms with Gasteiger partial charge in [-0.1, -0.05) is 19.8 Å². The predicted molar refractivity (Wildman–Crippen MR) is 95.6 cm³/mol. The van der Waals surface area contributed by atoms with Gasteiger partial charge in [-0.2, -0.15) is 5.10 Å². The van der Waals surface area contributed by atoms with Crippen LogP contribution in [-0.2, 0) is 13.1 Å². The van der Waals surface area contributed by atoms with E-state index in [9.17, 15) is 0 Å². The molecule has 0 spiro atoms. The monoisotopic (exact) mass is 331 g/mol. The van der Waals surface area contributed by atoms with E-state index in [1.165, 1.54) is 58.2 Å². The number of piperidine rings is 3. The van der Waals surface area contributed by atoms with Crippen molar-refractivity contribution >= 4 is 0 Å². The quantitative estimate of drug-likeness (QED) is 0.831. The first-order valence-electron chi connectivity index (χ1n) is 10.1. The van der Waals surface area contributed by atoms with E-state index in [4.69, 9.17) is 0 Å². The van der Waals surface area contributed by atoms with Gasteiger partial charge < -0.3 is 0 Å². The van der Waals surface area contributed by atoms with Gasteiger partial charge in [-0.15, -0.1) is 0 Å². The minimum Gasteiger partial charge on any atom is -0.297 e. The highest BCUT2D eigenvalue weighted by molar-refractivity contribution is 4.99. The molecule has 134 valence electrons. The molecule has 0 saturated carbocycles. The summed E-state index contributed by atoms with van der Waals surface area (Å²) in [6, 6.07) is 1.71. The third kappa shape index (κ3) is 3.13. The van der Waals surface area contributed by atoms with Crippen LogP contribution in [0.4, 0.5) is 0 Å². The standard InChI is InChI=1S/C19H33N5/c1-3-6-17-7-5-8-18-16-9-15(11-23(17)18)10-22(12-16)13-19-20-14-21-24(19)4-2/h14-18H,3-13H2,1-2H3/t15-,16+,17-,18-/m0/s1. The Morgan fingerprint density at radius 3 is 2.92 bits per heavy atom. The Kier molecular flexibility index (Phi) is 4.90. The first-order chi connectivity index (χ1) is 11.8. The van der Waals surface area contributed by atoms with Crippen molar-refractivity contribution in [1.29, 1.82) is 0 Å². The Labute approximate surface area is 146 Å². The van der Waals surface area contributed by atoms with Crippen LogP contribution in [0.3, 0.4) is 0 Å². The molecule has 3 fully saturated rings. The lowest BCUT2D eigenvalue weighted by atomic mass is 9.74. The molecule has 0 amide bonds. The Morgan fingerprint density at radius 2 is 2.08 bits per heavy atom. The van der Waals surface area contributed by atoms with Crippen LogP contribution in [0.1, 0.15) is 58.2 Å². The number of nitrogens with zero attached hydrogens (tertiary/aromatic N) is 5. The predicted octanol–water partition coefficient (Wildman–Crippen LogP) is 2.77. The molecule has 1 aromatic heterocycles. The first-order valence-corrected chi connectivity index (χ1v) is 10.1. The second kappa shape index (κ2) is 7.12. The second-order valence-electron chi connectivity index (χ2n) is 8.19. The van der Waals surface area contributed by atoms with Crippen LogP contribution in [0.15, 0.2) is 6.33 Å². The number of hydrogen-bond acceptors (Lipinski definition) is 4. The molecule has 3 aliphatic rings. The summed E-state index contributed by atoms with van der Waals surface area (Å²) in [5.41, 5.74) is 0. The molecule has 0 aromatic carbocycles. The smallest absolute Gasteiger partial charge is 0.140 e. The van der Waals surface area contributed by atoms with E-state index in [1.807, 2.05) is 0 Å². The fraction of sp³-hybridized carbons (Fsp3) is 0.895. The highest BCUT2D eigenvalue weighted by atomic mass is 15.3. The molecule has 0 aliphatic carbocycles. The first kappa shape index (κ1) is 16.5. The fourth-order valence-electron chi connectivity index (χ4n) is 5.66. The van der Waals surface area contributed by atoms with Crippen LogP contribution in [0.5, 0.6) is 0 Å². The molecule has 3 saturated heterocycles. The highest BCUT2D eigenvalue weighted by Gasteiger charge is 2.44. The lowest BCUT2D eigenvalue weighted by Crippen LogP contribution is -2.61. The van der Waals surface area contributed by atoms with Crippen molar-refractivity contribution < 1.29 is 0 Å². The minimum atomic E-state index is 0.846. The van der Waals surface area contributed by atoms with Crippen molar-refractivity contribution in [2.75, 3.05) is 19.6 Å². The van der Waals surface area contributed by atoms with Crippen molar-refractivity contribution in [3.05, 3.63) is 12.2 Å². The zero-order valence-corrected chi connectivity index (χ0v) is 15.4. The average molecular weight is 332 g/mol. The largest absolute Gasteiger partial charge is 0.297 e. The third-order valence-corrected chi connectivity index (χ3v) is 6.57. The van der Waals surface area contributed by atoms with Crippen molar-refractivity contribution in [3.63, 3.8) is 0 Å². The number of likely N-dealkylation sites (tertiary alicyclic amines) is 1. The molecule has 0 N–H and O–H groups in total. The van der Waals surface area contributed by atoms with Gasteiger partial charge in [0.05, 0.1) is 6.54 Å². The summed E-state index contributed by atoms with van der Waals surface area (Å²) < 4.78 is 2.05. The molecule has 0 unspecified atom stereocenters. The van der Waals surface area contributed by atoms with Crippen LogP contribution in [0, 0.1) is 11.8 Å². The molecule has 2 bridgehead atoms. The molecule has 4 rings (SSSR count). The number of fused-ring (bicyclic) bond motifs is 4. The lowest BCUT2D eigenvalue weighted by molar-refractivity contribution is -0.0604. The Bertz CT molecular complexity index is 540. The van der Waals surface area contributed by atoms with Crippen LogP contribution in [0.2, 0.25) is 0 Å². The van der Waals surface area contributed by atoms with Crippen LogP contribution in [-0.4, -0.2) is 56.3 Å². The number of aryl methyl sites for hydroxylation is 1. The van der Waals surface area contributed by atoms with Gasteiger partial charge in [-0.25, -0.2) is 9.67 Å². The maximum absolute atomic E-state index is 4.49. The average Bonchev–Trinajstić information content (AvgIpc) is 3.03. The topological polar surface area (TPSA) is 37.2 Å². The Hall–Kier alpha value is -0.940. The van der Waals surface area contributed by atoms with Gasteiger partial charge in [0.15, 0.2) is 0 Å². The summed E-state index contributed by atoms with van der Waals surface area (Å²) in [4.78, 5) is 10.1. The Balaban J connectivity index is 1.44. The molecule has 4 heterocycles. The van der Waals surface area contributed by atoms with E-state index in [-0.39, 0.29) is 0 Å². The normalized spacial score (nSPS) is 34.2. The molecule has 4 atom stereocenters. The van der Waals surface area contributed by atoms with E-state index in [1.54, 1.807) is 6.33 Å². The molecule has 3 aliphatic heterocycles. The van der Waals surface area contributed by atoms with E-state index in [0.29, 0.717) is 0 Å². The van der Waals surface area contributed by atoms with Gasteiger partial charge in [0, 0.05) is 38.3 Å². The van der Waals surface area contributed by atoms with Crippen molar-refractivity contribution in [3.8, 4) is 0 Å². The Morgan fingerprint density at radius 1 is 1.17 bits per heavy atom. The van der Waals surface area contributed by atoms with Crippen LogP contribution >= 0.6 is 0 Å². The summed E-state index contributed by atoms with van der Waals surface area (Å²) in [7, 11) is 0. The van der Waals surface area contributed by atoms with Gasteiger partial charge in [-0.05, 0) is 44.4 Å². The van der Waals surface area contributed by atoms with Crippen molar-refractivity contribution in [1.82, 2.24) is 24.6 Å². The van der Waals surface area contributed by atoms with Gasteiger partial charge in [0.2, 0.25) is 0 Å². The molecule has 5 heteroatoms. The minimum absolute atomic E-state index is 0.846. The third-order valence-electron chi connectivity index (χ3n) is 6.57. The maximum Gasteiger partial charge on any atom is 0.140 e. The molecular formula is C19H33N5. The summed E-state index contributed by atoms with van der Waals surface area (Å²) >= 11 is 0. The van der Waals surface area contributed by atoms with Crippen LogP contribution in [0.25, 0.3) is 0 Å². The number of hydrogen-bond donors (Lipinski definition) is 0. The molecule has 24 heavy (non-hydrogen) atoms. The highest BCUT2D eigenvalue weighted by Crippen LogP contribution is 2.40. The maximum atomic E-state index is 4.49. The summed E-state index contributed by atoms with van der Waals surface area (Å²) in [5.74, 6) is 2.87. The molecule has 5 nitrogen and oxygen atoms in total. The summed E-state index contributed by atoms with van der Waals surface area (Å²) in [6.07, 6.45) is 10.2. The summed E-state index contributed by atoms with van der Waals surface area (Å²) in [5, 5.41) is 4.34. The van der Waals surface area contributed by atoms with E-state index in [2.05, 4.69) is 38.4 Å². The molecule has 1 aromatic rings. The summed E-state index contributed by atoms with van der Waals surface area (Å²) in [6.45, 7) is 10.2. The van der Waals surface area contributed by atoms with Gasteiger partial charge in [-0.3, -0.25) is 9.80 Å². The van der Waals surface area contributed by atoms with Gasteiger partial charge in [0.1, 0.15) is 12.2 Å². The van der Waals surface area contributed by atoms with Crippen molar-refractivity contribution in [2.45, 2.75) is 77.5 Å². The fourth-order valence-corrected chi connectivity index (χ4v) is 5.66. The SMILES string of the molecule is CCC[C@H]1CCC[C@H]2[C@@H]3C[C@@H](CN(Cc4ncnn4CC)C3)CN12. The van der Waals surface area contributed by atoms with Crippen molar-refractivity contribution in [2.24, 2.45) is 11.8 Å². The molecular weight excluding hydrogens is 298 g/mol. The van der Waals surface area contributed by atoms with E-state index in [0.717, 1.165) is 42.8 Å². The second-order valence-corrected chi connectivity index (χ2v) is 8.19. The van der Waals surface area contributed by atoms with E-state index >= 15 is 0 Å². The van der Waals surface area contributed by atoms with Gasteiger partial charge >= 0.3 is 0 Å². The number of rotatable bonds is 5. The lowest BCUT2D eigenvalue weighted by Gasteiger charge is -2.55. The van der Waals surface area contributed by atoms with Crippen LogP contribution < -0.4 is 0 Å². The zero-order valence-electron chi connectivity index (χ0n) is 15.4. The molecule has 0 radical (unpaired) electrons. The van der Waals surface area contributed by atoms with Gasteiger partial charge in [0.25, 0.3) is 0 Å². The zero-order chi connectivity index (χ0) is 16.5. The van der Waals surface area contributed by atoms with E-state index < -0.39 is 0 Å².